The van der Waals surface area contributed by atoms with Crippen LogP contribution in [0.15, 0.2) is 23.0 Å². The molecule has 2 aliphatic carbocycles. The van der Waals surface area contributed by atoms with E-state index in [2.05, 4.69) is 0 Å². The molecule has 2 unspecified atom stereocenters. The molecule has 1 N–H and O–H groups in total. The molecular formula is C17H22FNO3. The minimum absolute atomic E-state index is 0.0710. The van der Waals surface area contributed by atoms with Crippen molar-refractivity contribution < 1.29 is 19.1 Å². The first-order chi connectivity index (χ1) is 10.5. The molecule has 2 fully saturated rings. The van der Waals surface area contributed by atoms with Crippen LogP contribution in [-0.4, -0.2) is 35.0 Å². The highest BCUT2D eigenvalue weighted by molar-refractivity contribution is 5.89. The van der Waals surface area contributed by atoms with Crippen LogP contribution < -0.4 is 0 Å². The van der Waals surface area contributed by atoms with Gasteiger partial charge in [-0.3, -0.25) is 4.79 Å². The number of rotatable bonds is 3. The molecule has 120 valence electrons. The number of amides is 1. The van der Waals surface area contributed by atoms with Gasteiger partial charge >= 0.3 is 5.97 Å². The molecule has 2 atom stereocenters. The Labute approximate surface area is 129 Å². The van der Waals surface area contributed by atoms with Crippen molar-refractivity contribution in [3.8, 4) is 0 Å². The Kier molecular flexibility index (Phi) is 4.06. The number of hydrogen-bond donors (Lipinski definition) is 1. The van der Waals surface area contributed by atoms with E-state index in [-0.39, 0.29) is 29.2 Å². The van der Waals surface area contributed by atoms with Gasteiger partial charge in [-0.25, -0.2) is 9.18 Å². The van der Waals surface area contributed by atoms with E-state index in [0.717, 1.165) is 32.2 Å². The second-order valence-corrected chi connectivity index (χ2v) is 6.73. The van der Waals surface area contributed by atoms with E-state index >= 15 is 0 Å². The molecule has 1 saturated carbocycles. The lowest BCUT2D eigenvalue weighted by Crippen LogP contribution is -2.41. The summed E-state index contributed by atoms with van der Waals surface area (Å²) in [5, 5.41) is 9.23. The Hall–Kier alpha value is -1.65. The van der Waals surface area contributed by atoms with Gasteiger partial charge in [0.1, 0.15) is 5.83 Å². The maximum absolute atomic E-state index is 14.6. The zero-order valence-electron chi connectivity index (χ0n) is 12.8. The second-order valence-electron chi connectivity index (χ2n) is 6.73. The van der Waals surface area contributed by atoms with Gasteiger partial charge in [0.15, 0.2) is 0 Å². The van der Waals surface area contributed by atoms with Crippen molar-refractivity contribution in [2.75, 3.05) is 13.1 Å². The third kappa shape index (κ3) is 2.81. The molecule has 5 heteroatoms. The van der Waals surface area contributed by atoms with E-state index in [1.807, 2.05) is 11.0 Å². The van der Waals surface area contributed by atoms with Crippen LogP contribution in [0.25, 0.3) is 0 Å². The van der Waals surface area contributed by atoms with E-state index in [4.69, 9.17) is 0 Å². The number of piperidine rings is 1. The van der Waals surface area contributed by atoms with Crippen LogP contribution in [0.2, 0.25) is 0 Å². The lowest BCUT2D eigenvalue weighted by Gasteiger charge is -2.35. The van der Waals surface area contributed by atoms with Gasteiger partial charge < -0.3 is 10.0 Å². The number of hydrogen-bond acceptors (Lipinski definition) is 2. The van der Waals surface area contributed by atoms with Crippen LogP contribution in [0.5, 0.6) is 0 Å². The highest BCUT2D eigenvalue weighted by Crippen LogP contribution is 2.39. The fourth-order valence-electron chi connectivity index (χ4n) is 3.55. The molecule has 0 aromatic rings. The standard InChI is InChI=1S/C17H22FNO3/c1-10-4-7-13(15(18)14(10)17(21)22)12-3-2-8-19(9-12)16(20)11-5-6-11/h7,10-12H,2-6,8-9H2,1H3,(H,21,22). The summed E-state index contributed by atoms with van der Waals surface area (Å²) in [5.41, 5.74) is 0.395. The van der Waals surface area contributed by atoms with Crippen LogP contribution in [0.1, 0.15) is 39.0 Å². The first kappa shape index (κ1) is 15.3. The molecule has 1 aliphatic heterocycles. The average molecular weight is 307 g/mol. The predicted molar refractivity (Wildman–Crippen MR) is 79.7 cm³/mol. The van der Waals surface area contributed by atoms with Gasteiger partial charge in [0.2, 0.25) is 5.91 Å². The number of carbonyl (C=O) groups excluding carboxylic acids is 1. The number of carboxylic acids is 1. The first-order valence-corrected chi connectivity index (χ1v) is 8.11. The topological polar surface area (TPSA) is 57.6 Å². The zero-order valence-corrected chi connectivity index (χ0v) is 12.8. The predicted octanol–water partition coefficient (Wildman–Crippen LogP) is 2.91. The van der Waals surface area contributed by atoms with Crippen LogP contribution in [0.3, 0.4) is 0 Å². The van der Waals surface area contributed by atoms with Crippen molar-refractivity contribution in [2.45, 2.75) is 39.0 Å². The highest BCUT2D eigenvalue weighted by atomic mass is 19.1. The molecule has 1 amide bonds. The average Bonchev–Trinajstić information content (AvgIpc) is 3.31. The van der Waals surface area contributed by atoms with Crippen molar-refractivity contribution >= 4 is 11.9 Å². The molecule has 3 aliphatic rings. The third-order valence-corrected chi connectivity index (χ3v) is 5.00. The zero-order chi connectivity index (χ0) is 15.9. The summed E-state index contributed by atoms with van der Waals surface area (Å²) < 4.78 is 14.6. The lowest BCUT2D eigenvalue weighted by atomic mass is 9.81. The molecule has 3 rings (SSSR count). The second kappa shape index (κ2) is 5.86. The summed E-state index contributed by atoms with van der Waals surface area (Å²) in [6.45, 7) is 3.00. The largest absolute Gasteiger partial charge is 0.478 e. The summed E-state index contributed by atoms with van der Waals surface area (Å²) in [5.74, 6) is -1.74. The summed E-state index contributed by atoms with van der Waals surface area (Å²) in [6, 6.07) is 0. The Morgan fingerprint density at radius 1 is 1.32 bits per heavy atom. The summed E-state index contributed by atoms with van der Waals surface area (Å²) in [7, 11) is 0. The molecule has 1 saturated heterocycles. The third-order valence-electron chi connectivity index (χ3n) is 5.00. The van der Waals surface area contributed by atoms with E-state index in [1.54, 1.807) is 6.92 Å². The number of carboxylic acid groups (broad SMARTS) is 1. The summed E-state index contributed by atoms with van der Waals surface area (Å²) in [6.07, 6.45) is 6.00. The minimum atomic E-state index is -1.17. The van der Waals surface area contributed by atoms with E-state index in [9.17, 15) is 19.1 Å². The monoisotopic (exact) mass is 307 g/mol. The Morgan fingerprint density at radius 2 is 2.05 bits per heavy atom. The molecule has 0 radical (unpaired) electrons. The molecule has 0 aromatic heterocycles. The van der Waals surface area contributed by atoms with Gasteiger partial charge in [-0.2, -0.15) is 0 Å². The summed E-state index contributed by atoms with van der Waals surface area (Å²) in [4.78, 5) is 25.3. The van der Waals surface area contributed by atoms with Crippen molar-refractivity contribution in [3.05, 3.63) is 23.0 Å². The van der Waals surface area contributed by atoms with Crippen LogP contribution in [0.4, 0.5) is 4.39 Å². The quantitative estimate of drug-likeness (QED) is 0.872. The Bertz CT molecular complexity index is 562. The Morgan fingerprint density at radius 3 is 2.68 bits per heavy atom. The van der Waals surface area contributed by atoms with Crippen molar-refractivity contribution in [3.63, 3.8) is 0 Å². The van der Waals surface area contributed by atoms with Crippen LogP contribution in [-0.2, 0) is 9.59 Å². The van der Waals surface area contributed by atoms with Gasteiger partial charge in [0.25, 0.3) is 0 Å². The molecule has 22 heavy (non-hydrogen) atoms. The minimum Gasteiger partial charge on any atom is -0.478 e. The highest BCUT2D eigenvalue weighted by Gasteiger charge is 2.37. The number of carbonyl (C=O) groups is 2. The first-order valence-electron chi connectivity index (χ1n) is 8.11. The molecule has 0 aromatic carbocycles. The van der Waals surface area contributed by atoms with Gasteiger partial charge in [-0.15, -0.1) is 0 Å². The van der Waals surface area contributed by atoms with Crippen molar-refractivity contribution in [1.82, 2.24) is 4.90 Å². The molecular weight excluding hydrogens is 285 g/mol. The number of aliphatic carboxylic acids is 1. The van der Waals surface area contributed by atoms with Crippen LogP contribution >= 0.6 is 0 Å². The number of likely N-dealkylation sites (tertiary alicyclic amines) is 1. The van der Waals surface area contributed by atoms with Gasteiger partial charge in [-0.1, -0.05) is 13.0 Å². The normalized spacial score (nSPS) is 29.4. The van der Waals surface area contributed by atoms with Crippen LogP contribution in [0, 0.1) is 17.8 Å². The maximum atomic E-state index is 14.6. The SMILES string of the molecule is CC1CC=C(C2CCCN(C(=O)C3CC3)C2)C(F)=C1C(=O)O. The van der Waals surface area contributed by atoms with Crippen molar-refractivity contribution in [1.29, 1.82) is 0 Å². The van der Waals surface area contributed by atoms with Gasteiger partial charge in [-0.05, 0) is 43.6 Å². The fraction of sp³-hybridized carbons (Fsp3) is 0.647. The van der Waals surface area contributed by atoms with Gasteiger partial charge in [0, 0.05) is 24.9 Å². The lowest BCUT2D eigenvalue weighted by molar-refractivity contribution is -0.134. The molecule has 0 spiro atoms. The van der Waals surface area contributed by atoms with E-state index < -0.39 is 11.8 Å². The number of allylic oxidation sites excluding steroid dienone is 2. The van der Waals surface area contributed by atoms with E-state index in [0.29, 0.717) is 18.5 Å². The smallest absolute Gasteiger partial charge is 0.334 e. The molecule has 1 heterocycles. The number of nitrogens with zero attached hydrogens (tertiary/aromatic N) is 1. The molecule has 4 nitrogen and oxygen atoms in total. The van der Waals surface area contributed by atoms with Gasteiger partial charge in [0.05, 0.1) is 5.57 Å². The van der Waals surface area contributed by atoms with Crippen molar-refractivity contribution in [2.24, 2.45) is 17.8 Å². The molecule has 0 bridgehead atoms. The fourth-order valence-corrected chi connectivity index (χ4v) is 3.55. The number of halogens is 1. The Balaban J connectivity index is 1.78. The van der Waals surface area contributed by atoms with E-state index in [1.165, 1.54) is 0 Å². The maximum Gasteiger partial charge on any atom is 0.334 e. The summed E-state index contributed by atoms with van der Waals surface area (Å²) >= 11 is 0.